The molecule has 1 aromatic rings. The molecule has 2 fully saturated rings. The topological polar surface area (TPSA) is 172 Å². The standard InChI is InChI=1S/C18H23FN4O9P2S/c19-13-7-11(1-2-14(13)21-3-5-22(6-4-21)15(25)10-24)23-9-12(31-17(23)26)8-20-16(35)32-18(33(27)28)34(29)30/h1-2,7,12,18,24,27-28H,3-6,8-10H2,(H-,20,29,30,35)/p+1/t12-,18?/m0/s1. The molecule has 192 valence electrons. The summed E-state index contributed by atoms with van der Waals surface area (Å²) in [5.41, 5.74) is -1.18. The van der Waals surface area contributed by atoms with Crippen molar-refractivity contribution in [2.24, 2.45) is 0 Å². The van der Waals surface area contributed by atoms with Crippen LogP contribution in [0.4, 0.5) is 20.6 Å². The van der Waals surface area contributed by atoms with Crippen molar-refractivity contribution in [2.75, 3.05) is 55.7 Å². The van der Waals surface area contributed by atoms with Crippen LogP contribution in [0, 0.1) is 5.82 Å². The number of piperazine rings is 1. The highest BCUT2D eigenvalue weighted by atomic mass is 32.1. The Morgan fingerprint density at radius 1 is 1.34 bits per heavy atom. The Hall–Kier alpha value is -2.25. The number of benzene rings is 1. The number of carbonyl (C=O) groups is 2. The molecule has 2 saturated heterocycles. The molecule has 2 amide bonds. The largest absolute Gasteiger partial charge is 0.560 e. The number of halogens is 1. The van der Waals surface area contributed by atoms with Gasteiger partial charge in [0.05, 0.1) is 24.5 Å². The average Bonchev–Trinajstić information content (AvgIpc) is 3.20. The number of aliphatic hydroxyl groups excluding tert-OH is 1. The predicted octanol–water partition coefficient (Wildman–Crippen LogP) is -0.00230. The second-order valence-corrected chi connectivity index (χ2v) is 10.5. The van der Waals surface area contributed by atoms with Gasteiger partial charge < -0.3 is 39.5 Å². The molecule has 5 N–H and O–H groups in total. The van der Waals surface area contributed by atoms with Crippen LogP contribution in [0.5, 0.6) is 0 Å². The Morgan fingerprint density at radius 2 is 2.03 bits per heavy atom. The zero-order valence-electron chi connectivity index (χ0n) is 18.2. The maximum Gasteiger partial charge on any atom is 0.560 e. The molecule has 2 aliphatic rings. The van der Waals surface area contributed by atoms with Crippen molar-refractivity contribution in [2.45, 2.75) is 11.7 Å². The van der Waals surface area contributed by atoms with Crippen molar-refractivity contribution in [1.29, 1.82) is 0 Å². The first-order valence-electron chi connectivity index (χ1n) is 10.3. The Labute approximate surface area is 206 Å². The smallest absolute Gasteiger partial charge is 0.442 e. The summed E-state index contributed by atoms with van der Waals surface area (Å²) in [6.07, 6.45) is -1.42. The molecule has 2 aliphatic heterocycles. The molecule has 2 unspecified atom stereocenters. The van der Waals surface area contributed by atoms with Crippen LogP contribution in [0.1, 0.15) is 0 Å². The number of rotatable bonds is 8. The van der Waals surface area contributed by atoms with E-state index in [1.165, 1.54) is 21.9 Å². The minimum Gasteiger partial charge on any atom is -0.442 e. The molecular weight excluding hydrogens is 529 g/mol. The number of thiocarbonyl (C=S) groups is 1. The molecule has 0 radical (unpaired) electrons. The van der Waals surface area contributed by atoms with Crippen LogP contribution in [0.3, 0.4) is 0 Å². The van der Waals surface area contributed by atoms with E-state index >= 15 is 0 Å². The van der Waals surface area contributed by atoms with Crippen molar-refractivity contribution in [3.05, 3.63) is 24.0 Å². The molecule has 13 nitrogen and oxygen atoms in total. The van der Waals surface area contributed by atoms with E-state index < -0.39 is 46.6 Å². The number of nitrogens with zero attached hydrogens (tertiary/aromatic N) is 3. The number of anilines is 2. The van der Waals surface area contributed by atoms with Gasteiger partial charge in [0.15, 0.2) is 0 Å². The summed E-state index contributed by atoms with van der Waals surface area (Å²) in [6, 6.07) is 4.31. The number of ether oxygens (including phenoxy) is 2. The fourth-order valence-electron chi connectivity index (χ4n) is 3.57. The number of amides is 2. The van der Waals surface area contributed by atoms with E-state index in [4.69, 9.17) is 41.5 Å². The van der Waals surface area contributed by atoms with Gasteiger partial charge in [-0.05, 0) is 35.0 Å². The number of nitrogens with one attached hydrogen (secondary N) is 1. The average molecular weight is 553 g/mol. The van der Waals surface area contributed by atoms with E-state index in [2.05, 4.69) is 5.32 Å². The SMILES string of the molecule is O=C(CO)N1CCN(c2ccc(N3C[C@H](CNC(=S)OC(P(O)O)[P+](=O)O)OC3=O)cc2F)CC1. The quantitative estimate of drug-likeness (QED) is 0.216. The highest BCUT2D eigenvalue weighted by Crippen LogP contribution is 2.45. The van der Waals surface area contributed by atoms with Crippen LogP contribution in [-0.4, -0.2) is 99.4 Å². The van der Waals surface area contributed by atoms with Gasteiger partial charge >= 0.3 is 19.7 Å². The summed E-state index contributed by atoms with van der Waals surface area (Å²) >= 11 is 4.85. The summed E-state index contributed by atoms with van der Waals surface area (Å²) < 4.78 is 36.0. The first-order chi connectivity index (χ1) is 16.6. The monoisotopic (exact) mass is 553 g/mol. The van der Waals surface area contributed by atoms with Gasteiger partial charge in [0.25, 0.3) is 13.6 Å². The third-order valence-electron chi connectivity index (χ3n) is 5.30. The number of hydrogen-bond acceptors (Lipinski definition) is 10. The van der Waals surface area contributed by atoms with Gasteiger partial charge in [-0.15, -0.1) is 0 Å². The molecule has 17 heteroatoms. The van der Waals surface area contributed by atoms with Gasteiger partial charge in [0.1, 0.15) is 18.5 Å². The number of cyclic esters (lactones) is 1. The lowest BCUT2D eigenvalue weighted by Gasteiger charge is -2.36. The van der Waals surface area contributed by atoms with Crippen molar-refractivity contribution in [1.82, 2.24) is 10.2 Å². The summed E-state index contributed by atoms with van der Waals surface area (Å²) in [6.45, 7) is 0.941. The van der Waals surface area contributed by atoms with Crippen molar-refractivity contribution < 1.29 is 47.8 Å². The fourth-order valence-corrected chi connectivity index (χ4v) is 5.00. The number of aliphatic hydroxyl groups is 1. The highest BCUT2D eigenvalue weighted by molar-refractivity contribution is 7.80. The first-order valence-corrected chi connectivity index (χ1v) is 13.3. The summed E-state index contributed by atoms with van der Waals surface area (Å²) in [5, 5.41) is 11.1. The van der Waals surface area contributed by atoms with Crippen molar-refractivity contribution in [3.63, 3.8) is 0 Å². The van der Waals surface area contributed by atoms with E-state index in [9.17, 15) is 18.5 Å². The maximum atomic E-state index is 14.9. The maximum absolute atomic E-state index is 14.9. The fraction of sp³-hybridized carbons (Fsp3) is 0.500. The summed E-state index contributed by atoms with van der Waals surface area (Å²) in [7, 11) is -5.91. The molecule has 0 aliphatic carbocycles. The zero-order valence-corrected chi connectivity index (χ0v) is 20.8. The molecule has 35 heavy (non-hydrogen) atoms. The molecular formula is C18H24FN4O9P2S+. The van der Waals surface area contributed by atoms with Crippen LogP contribution in [0.25, 0.3) is 0 Å². The molecule has 2 heterocycles. The molecule has 3 rings (SSSR count). The van der Waals surface area contributed by atoms with E-state index in [1.807, 2.05) is 0 Å². The lowest BCUT2D eigenvalue weighted by atomic mass is 10.2. The van der Waals surface area contributed by atoms with Gasteiger partial charge in [-0.25, -0.2) is 9.18 Å². The second-order valence-electron chi connectivity index (χ2n) is 7.51. The van der Waals surface area contributed by atoms with E-state index in [-0.39, 0.29) is 29.9 Å². The Balaban J connectivity index is 1.55. The van der Waals surface area contributed by atoms with Crippen LogP contribution in [0.2, 0.25) is 0 Å². The van der Waals surface area contributed by atoms with Crippen LogP contribution >= 0.6 is 28.6 Å². The Bertz CT molecular complexity index is 983. The highest BCUT2D eigenvalue weighted by Gasteiger charge is 2.40. The Kier molecular flexibility index (Phi) is 9.47. The van der Waals surface area contributed by atoms with E-state index in [0.29, 0.717) is 31.9 Å². The van der Waals surface area contributed by atoms with Gasteiger partial charge in [-0.1, -0.05) is 0 Å². The third-order valence-corrected chi connectivity index (χ3v) is 7.74. The minimum absolute atomic E-state index is 0.0395. The third kappa shape index (κ3) is 6.91. The van der Waals surface area contributed by atoms with Crippen molar-refractivity contribution >= 4 is 57.2 Å². The van der Waals surface area contributed by atoms with E-state index in [1.54, 1.807) is 11.0 Å². The van der Waals surface area contributed by atoms with Crippen LogP contribution in [0.15, 0.2) is 18.2 Å². The molecule has 1 aromatic carbocycles. The summed E-state index contributed by atoms with van der Waals surface area (Å²) in [4.78, 5) is 55.6. The number of hydrogen-bond donors (Lipinski definition) is 5. The lowest BCUT2D eigenvalue weighted by Crippen LogP contribution is -2.49. The van der Waals surface area contributed by atoms with Crippen molar-refractivity contribution in [3.8, 4) is 0 Å². The van der Waals surface area contributed by atoms with Gasteiger partial charge in [-0.2, -0.15) is 4.89 Å². The molecule has 0 aromatic heterocycles. The second kappa shape index (κ2) is 12.1. The normalized spacial score (nSPS) is 19.5. The molecule has 0 spiro atoms. The van der Waals surface area contributed by atoms with Gasteiger partial charge in [-0.3, -0.25) is 9.69 Å². The number of carbonyl (C=O) groups excluding carboxylic acids is 2. The predicted molar refractivity (Wildman–Crippen MR) is 127 cm³/mol. The minimum atomic E-state index is -3.05. The van der Waals surface area contributed by atoms with Crippen LogP contribution < -0.4 is 15.1 Å². The molecule has 3 atom stereocenters. The zero-order chi connectivity index (χ0) is 25.7. The van der Waals surface area contributed by atoms with Gasteiger partial charge in [0, 0.05) is 26.2 Å². The van der Waals surface area contributed by atoms with Gasteiger partial charge in [0.2, 0.25) is 5.91 Å². The first kappa shape index (κ1) is 27.3. The summed E-state index contributed by atoms with van der Waals surface area (Å²) in [5.74, 6) is -0.929. The molecule has 0 saturated carbocycles. The van der Waals surface area contributed by atoms with Crippen LogP contribution in [-0.2, 0) is 18.8 Å². The lowest BCUT2D eigenvalue weighted by molar-refractivity contribution is -0.134. The molecule has 0 bridgehead atoms. The van der Waals surface area contributed by atoms with E-state index in [0.717, 1.165) is 0 Å². The Morgan fingerprint density at radius 3 is 2.60 bits per heavy atom.